The van der Waals surface area contributed by atoms with E-state index in [2.05, 4.69) is 22.5 Å². The van der Waals surface area contributed by atoms with Crippen LogP contribution in [0, 0.1) is 5.41 Å². The molecule has 0 aromatic heterocycles. The molecule has 1 aliphatic carbocycles. The molecule has 142 valence electrons. The number of para-hydroxylation sites is 1. The fourth-order valence-electron chi connectivity index (χ4n) is 3.02. The van der Waals surface area contributed by atoms with E-state index in [4.69, 9.17) is 9.47 Å². The molecule has 1 fully saturated rings. The summed E-state index contributed by atoms with van der Waals surface area (Å²) in [7, 11) is 3.58. The number of benzene rings is 1. The number of aliphatic imine (C=N–C) groups is 1. The minimum Gasteiger partial charge on any atom is -0.489 e. The van der Waals surface area contributed by atoms with Gasteiger partial charge in [-0.15, -0.1) is 24.0 Å². The fourth-order valence-corrected chi connectivity index (χ4v) is 3.02. The van der Waals surface area contributed by atoms with Gasteiger partial charge in [-0.25, -0.2) is 0 Å². The third-order valence-corrected chi connectivity index (χ3v) is 4.74. The molecule has 0 saturated heterocycles. The molecule has 0 bridgehead atoms. The summed E-state index contributed by atoms with van der Waals surface area (Å²) in [4.78, 5) is 4.32. The maximum atomic E-state index is 5.88. The third kappa shape index (κ3) is 7.40. The van der Waals surface area contributed by atoms with Crippen LogP contribution in [0.4, 0.5) is 0 Å². The van der Waals surface area contributed by atoms with Gasteiger partial charge in [0.25, 0.3) is 0 Å². The van der Waals surface area contributed by atoms with Crippen LogP contribution in [0.25, 0.3) is 0 Å². The van der Waals surface area contributed by atoms with E-state index in [9.17, 15) is 0 Å². The molecule has 0 radical (unpaired) electrons. The second-order valence-corrected chi connectivity index (χ2v) is 6.64. The van der Waals surface area contributed by atoms with E-state index < -0.39 is 0 Å². The van der Waals surface area contributed by atoms with Crippen molar-refractivity contribution in [3.8, 4) is 5.75 Å². The number of guanidine groups is 1. The Hall–Kier alpha value is -1.02. The minimum absolute atomic E-state index is 0. The van der Waals surface area contributed by atoms with Crippen LogP contribution >= 0.6 is 24.0 Å². The zero-order valence-electron chi connectivity index (χ0n) is 15.6. The summed E-state index contributed by atoms with van der Waals surface area (Å²) >= 11 is 0. The molecule has 1 aromatic rings. The van der Waals surface area contributed by atoms with Crippen molar-refractivity contribution in [1.29, 1.82) is 0 Å². The number of nitrogens with zero attached hydrogens (tertiary/aromatic N) is 1. The molecule has 0 spiro atoms. The lowest BCUT2D eigenvalue weighted by molar-refractivity contribution is 0.0732. The molecule has 0 heterocycles. The average molecular weight is 461 g/mol. The lowest BCUT2D eigenvalue weighted by Gasteiger charge is -2.42. The van der Waals surface area contributed by atoms with Crippen molar-refractivity contribution in [2.45, 2.75) is 38.7 Å². The van der Waals surface area contributed by atoms with E-state index >= 15 is 0 Å². The van der Waals surface area contributed by atoms with Crippen molar-refractivity contribution in [2.75, 3.05) is 33.9 Å². The zero-order chi connectivity index (χ0) is 17.3. The Balaban J connectivity index is 0.00000312. The average Bonchev–Trinajstić information content (AvgIpc) is 2.57. The van der Waals surface area contributed by atoms with Crippen molar-refractivity contribution in [2.24, 2.45) is 10.4 Å². The van der Waals surface area contributed by atoms with Crippen LogP contribution in [0.1, 0.15) is 32.6 Å². The molecule has 0 aliphatic heterocycles. The highest BCUT2D eigenvalue weighted by Crippen LogP contribution is 2.43. The predicted molar refractivity (Wildman–Crippen MR) is 114 cm³/mol. The number of halogens is 1. The lowest BCUT2D eigenvalue weighted by Crippen LogP contribution is -2.48. The Labute approximate surface area is 169 Å². The van der Waals surface area contributed by atoms with Gasteiger partial charge in [0.15, 0.2) is 5.96 Å². The fraction of sp³-hybridized carbons (Fsp3) is 0.632. The van der Waals surface area contributed by atoms with Gasteiger partial charge in [0, 0.05) is 27.3 Å². The van der Waals surface area contributed by atoms with Crippen molar-refractivity contribution in [3.05, 3.63) is 30.3 Å². The molecule has 1 unspecified atom stereocenters. The number of nitrogens with one attached hydrogen (secondary N) is 2. The summed E-state index contributed by atoms with van der Waals surface area (Å²) in [6.07, 6.45) is 5.04. The van der Waals surface area contributed by atoms with Crippen LogP contribution in [0.15, 0.2) is 35.3 Å². The highest BCUT2D eigenvalue weighted by molar-refractivity contribution is 14.0. The third-order valence-electron chi connectivity index (χ3n) is 4.74. The monoisotopic (exact) mass is 461 g/mol. The van der Waals surface area contributed by atoms with Crippen molar-refractivity contribution < 1.29 is 9.47 Å². The first-order valence-electron chi connectivity index (χ1n) is 8.83. The molecule has 5 nitrogen and oxygen atoms in total. The van der Waals surface area contributed by atoms with Crippen LogP contribution in [-0.4, -0.2) is 45.9 Å². The summed E-state index contributed by atoms with van der Waals surface area (Å²) in [6, 6.07) is 9.89. The molecule has 6 heteroatoms. The standard InChI is InChI=1S/C19H31N3O2.HI/c1-16(24-17-8-5-4-6-9-17)14-21-18(20-2)22-15-19(10-7-11-19)12-13-23-3;/h4-6,8-9,16H,7,10-15H2,1-3H3,(H2,20,21,22);1H. The minimum atomic E-state index is 0. The van der Waals surface area contributed by atoms with Crippen LogP contribution < -0.4 is 15.4 Å². The molecule has 1 aliphatic rings. The predicted octanol–water partition coefficient (Wildman–Crippen LogP) is 3.44. The van der Waals surface area contributed by atoms with Gasteiger partial charge in [-0.1, -0.05) is 24.6 Å². The topological polar surface area (TPSA) is 54.9 Å². The van der Waals surface area contributed by atoms with E-state index in [0.29, 0.717) is 12.0 Å². The largest absolute Gasteiger partial charge is 0.489 e. The summed E-state index contributed by atoms with van der Waals surface area (Å²) in [5.74, 6) is 1.73. The molecule has 2 rings (SSSR count). The number of ether oxygens (including phenoxy) is 2. The van der Waals surface area contributed by atoms with E-state index in [-0.39, 0.29) is 30.1 Å². The van der Waals surface area contributed by atoms with Gasteiger partial charge in [0.2, 0.25) is 0 Å². The van der Waals surface area contributed by atoms with Gasteiger partial charge in [-0.2, -0.15) is 0 Å². The maximum Gasteiger partial charge on any atom is 0.191 e. The summed E-state index contributed by atoms with van der Waals surface area (Å²) in [6.45, 7) is 4.54. The van der Waals surface area contributed by atoms with Crippen molar-refractivity contribution in [1.82, 2.24) is 10.6 Å². The number of hydrogen-bond donors (Lipinski definition) is 2. The summed E-state index contributed by atoms with van der Waals surface area (Å²) < 4.78 is 11.1. The SMILES string of the molecule is CN=C(NCC(C)Oc1ccccc1)NCC1(CCOC)CCC1.I. The summed E-state index contributed by atoms with van der Waals surface area (Å²) in [5, 5.41) is 6.82. The molecule has 1 atom stereocenters. The Morgan fingerprint density at radius 2 is 1.96 bits per heavy atom. The Kier molecular flexibility index (Phi) is 10.2. The van der Waals surface area contributed by atoms with Gasteiger partial charge in [-0.05, 0) is 43.7 Å². The Bertz CT molecular complexity index is 507. The normalized spacial score (nSPS) is 17.0. The van der Waals surface area contributed by atoms with Gasteiger partial charge in [0.1, 0.15) is 11.9 Å². The smallest absolute Gasteiger partial charge is 0.191 e. The molecule has 1 aromatic carbocycles. The van der Waals surface area contributed by atoms with Crippen LogP contribution in [0.5, 0.6) is 5.75 Å². The summed E-state index contributed by atoms with van der Waals surface area (Å²) in [5.41, 5.74) is 0.375. The molecule has 25 heavy (non-hydrogen) atoms. The van der Waals surface area contributed by atoms with Crippen molar-refractivity contribution >= 4 is 29.9 Å². The van der Waals surface area contributed by atoms with Crippen LogP contribution in [0.2, 0.25) is 0 Å². The maximum absolute atomic E-state index is 5.88. The first-order chi connectivity index (χ1) is 11.7. The van der Waals surface area contributed by atoms with Gasteiger partial charge in [-0.3, -0.25) is 4.99 Å². The number of rotatable bonds is 9. The van der Waals surface area contributed by atoms with Gasteiger partial charge < -0.3 is 20.1 Å². The second kappa shape index (κ2) is 11.6. The number of methoxy groups -OCH3 is 1. The molecule has 2 N–H and O–H groups in total. The van der Waals surface area contributed by atoms with Gasteiger partial charge in [0.05, 0.1) is 6.54 Å². The van der Waals surface area contributed by atoms with E-state index in [1.165, 1.54) is 19.3 Å². The quantitative estimate of drug-likeness (QED) is 0.336. The lowest BCUT2D eigenvalue weighted by atomic mass is 9.67. The van der Waals surface area contributed by atoms with Crippen molar-refractivity contribution in [3.63, 3.8) is 0 Å². The Morgan fingerprint density at radius 1 is 1.24 bits per heavy atom. The zero-order valence-corrected chi connectivity index (χ0v) is 17.9. The highest BCUT2D eigenvalue weighted by Gasteiger charge is 2.36. The first-order valence-corrected chi connectivity index (χ1v) is 8.83. The van der Waals surface area contributed by atoms with E-state index in [0.717, 1.165) is 31.3 Å². The molecule has 0 amide bonds. The molecular formula is C19H32IN3O2. The van der Waals surface area contributed by atoms with E-state index in [1.54, 1.807) is 14.2 Å². The van der Waals surface area contributed by atoms with Gasteiger partial charge >= 0.3 is 0 Å². The van der Waals surface area contributed by atoms with Crippen LogP contribution in [-0.2, 0) is 4.74 Å². The van der Waals surface area contributed by atoms with Crippen LogP contribution in [0.3, 0.4) is 0 Å². The second-order valence-electron chi connectivity index (χ2n) is 6.64. The molecule has 1 saturated carbocycles. The molecular weight excluding hydrogens is 429 g/mol. The first kappa shape index (κ1) is 22.0. The van der Waals surface area contributed by atoms with E-state index in [1.807, 2.05) is 30.3 Å². The Morgan fingerprint density at radius 3 is 2.52 bits per heavy atom. The number of hydrogen-bond acceptors (Lipinski definition) is 3. The highest BCUT2D eigenvalue weighted by atomic mass is 127.